The molecule has 0 aliphatic rings. The van der Waals surface area contributed by atoms with Crippen LogP contribution < -0.4 is 0 Å². The van der Waals surface area contributed by atoms with Crippen molar-refractivity contribution in [3.8, 4) is 0 Å². The number of hydrogen-bond acceptors (Lipinski definition) is 1. The molecule has 0 atom stereocenters. The van der Waals surface area contributed by atoms with Crippen LogP contribution in [0.25, 0.3) is 0 Å². The minimum Gasteiger partial charge on any atom is -0.340 e. The quantitative estimate of drug-likeness (QED) is 0.583. The zero-order chi connectivity index (χ0) is 10.5. The normalized spacial score (nSPS) is 11.8. The Bertz CT molecular complexity index is 152. The Kier molecular flexibility index (Phi) is 5.04. The summed E-state index contributed by atoms with van der Waals surface area (Å²) < 4.78 is 0. The number of carbonyl (C=O) groups excluding carboxylic acids is 1. The molecule has 0 bridgehead atoms. The van der Waals surface area contributed by atoms with Crippen molar-refractivity contribution < 1.29 is 4.79 Å². The summed E-state index contributed by atoms with van der Waals surface area (Å²) in [5, 5.41) is 0. The van der Waals surface area contributed by atoms with Crippen LogP contribution in [0.3, 0.4) is 0 Å². The molecule has 78 valence electrons. The summed E-state index contributed by atoms with van der Waals surface area (Å²) >= 11 is 0. The smallest absolute Gasteiger partial charge is 0.210 e. The first-order chi connectivity index (χ1) is 5.94. The van der Waals surface area contributed by atoms with Crippen molar-refractivity contribution in [1.82, 2.24) is 4.90 Å². The predicted molar refractivity (Wildman–Crippen MR) is 56.6 cm³/mol. The average Bonchev–Trinajstić information content (AvgIpc) is 1.97. The largest absolute Gasteiger partial charge is 0.340 e. The van der Waals surface area contributed by atoms with E-state index in [-0.39, 0.29) is 5.54 Å². The molecular weight excluding hydrogens is 162 g/mol. The van der Waals surface area contributed by atoms with Gasteiger partial charge in [-0.25, -0.2) is 0 Å². The lowest BCUT2D eigenvalue weighted by atomic mass is 9.91. The van der Waals surface area contributed by atoms with Crippen LogP contribution in [0, 0.1) is 5.92 Å². The van der Waals surface area contributed by atoms with E-state index in [1.165, 1.54) is 0 Å². The third-order valence-electron chi connectivity index (χ3n) is 2.28. The fourth-order valence-electron chi connectivity index (χ4n) is 1.86. The highest BCUT2D eigenvalue weighted by Gasteiger charge is 2.25. The summed E-state index contributed by atoms with van der Waals surface area (Å²) in [7, 11) is 0. The van der Waals surface area contributed by atoms with E-state index in [1.807, 2.05) is 4.90 Å². The highest BCUT2D eigenvalue weighted by atomic mass is 16.1. The van der Waals surface area contributed by atoms with Gasteiger partial charge in [-0.05, 0) is 32.6 Å². The van der Waals surface area contributed by atoms with Gasteiger partial charge in [-0.3, -0.25) is 4.79 Å². The molecule has 0 aliphatic carbocycles. The molecule has 13 heavy (non-hydrogen) atoms. The molecule has 0 aliphatic heterocycles. The molecular formula is C11H23NO. The van der Waals surface area contributed by atoms with Crippen LogP contribution in [0.4, 0.5) is 0 Å². The van der Waals surface area contributed by atoms with Gasteiger partial charge in [0.1, 0.15) is 0 Å². The summed E-state index contributed by atoms with van der Waals surface area (Å²) in [4.78, 5) is 12.8. The molecule has 0 saturated heterocycles. The van der Waals surface area contributed by atoms with Crippen LogP contribution in [0.2, 0.25) is 0 Å². The summed E-state index contributed by atoms with van der Waals surface area (Å²) in [6, 6.07) is 0. The molecule has 0 aromatic rings. The zero-order valence-electron chi connectivity index (χ0n) is 9.63. The average molecular weight is 185 g/mol. The summed E-state index contributed by atoms with van der Waals surface area (Å²) in [5.41, 5.74) is 0.00588. The number of rotatable bonds is 6. The highest BCUT2D eigenvalue weighted by Crippen LogP contribution is 2.22. The van der Waals surface area contributed by atoms with Crippen LogP contribution in [0.15, 0.2) is 0 Å². The Labute approximate surface area is 82.3 Å². The lowest BCUT2D eigenvalue weighted by Gasteiger charge is -2.37. The number of carbonyl (C=O) groups is 1. The number of amides is 1. The van der Waals surface area contributed by atoms with Crippen molar-refractivity contribution in [2.45, 2.75) is 53.0 Å². The second-order valence-electron chi connectivity index (χ2n) is 4.71. The standard InChI is InChI=1S/C11H23NO/c1-6-7-12(9-13)11(4,5)8-10(2)3/h9-10H,6-8H2,1-5H3. The van der Waals surface area contributed by atoms with Crippen molar-refractivity contribution in [2.24, 2.45) is 5.92 Å². The number of nitrogens with zero attached hydrogens (tertiary/aromatic N) is 1. The Balaban J connectivity index is 4.27. The summed E-state index contributed by atoms with van der Waals surface area (Å²) in [5.74, 6) is 0.634. The topological polar surface area (TPSA) is 20.3 Å². The molecule has 0 rings (SSSR count). The highest BCUT2D eigenvalue weighted by molar-refractivity contribution is 5.48. The monoisotopic (exact) mass is 185 g/mol. The maximum atomic E-state index is 10.8. The van der Waals surface area contributed by atoms with Crippen LogP contribution in [0.1, 0.15) is 47.5 Å². The fraction of sp³-hybridized carbons (Fsp3) is 0.909. The molecule has 0 saturated carbocycles. The van der Waals surface area contributed by atoms with Crippen LogP contribution in [-0.4, -0.2) is 23.4 Å². The lowest BCUT2D eigenvalue weighted by molar-refractivity contribution is -0.123. The zero-order valence-corrected chi connectivity index (χ0v) is 9.63. The van der Waals surface area contributed by atoms with Crippen molar-refractivity contribution in [3.63, 3.8) is 0 Å². The first-order valence-corrected chi connectivity index (χ1v) is 5.16. The van der Waals surface area contributed by atoms with E-state index in [9.17, 15) is 4.79 Å². The van der Waals surface area contributed by atoms with Crippen LogP contribution >= 0.6 is 0 Å². The first kappa shape index (κ1) is 12.5. The molecule has 0 fully saturated rings. The van der Waals surface area contributed by atoms with Crippen molar-refractivity contribution in [2.75, 3.05) is 6.54 Å². The second kappa shape index (κ2) is 5.25. The van der Waals surface area contributed by atoms with E-state index in [2.05, 4.69) is 34.6 Å². The lowest BCUT2D eigenvalue weighted by Crippen LogP contribution is -2.44. The molecule has 0 radical (unpaired) electrons. The molecule has 0 aromatic heterocycles. The van der Waals surface area contributed by atoms with Gasteiger partial charge in [-0.1, -0.05) is 20.8 Å². The Morgan fingerprint density at radius 2 is 1.92 bits per heavy atom. The van der Waals surface area contributed by atoms with E-state index >= 15 is 0 Å². The third-order valence-corrected chi connectivity index (χ3v) is 2.28. The fourth-order valence-corrected chi connectivity index (χ4v) is 1.86. The first-order valence-electron chi connectivity index (χ1n) is 5.16. The van der Waals surface area contributed by atoms with Gasteiger partial charge in [0.25, 0.3) is 0 Å². The van der Waals surface area contributed by atoms with Crippen LogP contribution in [0.5, 0.6) is 0 Å². The van der Waals surface area contributed by atoms with E-state index in [0.717, 1.165) is 25.8 Å². The van der Waals surface area contributed by atoms with E-state index in [0.29, 0.717) is 5.92 Å². The van der Waals surface area contributed by atoms with E-state index in [1.54, 1.807) is 0 Å². The van der Waals surface area contributed by atoms with Crippen molar-refractivity contribution >= 4 is 6.41 Å². The SMILES string of the molecule is CCCN(C=O)C(C)(C)CC(C)C. The van der Waals surface area contributed by atoms with Crippen molar-refractivity contribution in [3.05, 3.63) is 0 Å². The minimum absolute atomic E-state index is 0.00588. The van der Waals surface area contributed by atoms with Gasteiger partial charge >= 0.3 is 0 Å². The number of hydrogen-bond donors (Lipinski definition) is 0. The molecule has 0 heterocycles. The third kappa shape index (κ3) is 4.30. The van der Waals surface area contributed by atoms with Gasteiger partial charge in [0, 0.05) is 12.1 Å². The van der Waals surface area contributed by atoms with Gasteiger partial charge in [0.15, 0.2) is 0 Å². The maximum Gasteiger partial charge on any atom is 0.210 e. The summed E-state index contributed by atoms with van der Waals surface area (Å²) in [6.45, 7) is 11.6. The van der Waals surface area contributed by atoms with Gasteiger partial charge < -0.3 is 4.90 Å². The summed E-state index contributed by atoms with van der Waals surface area (Å²) in [6.07, 6.45) is 3.07. The molecule has 0 spiro atoms. The molecule has 0 aromatic carbocycles. The Morgan fingerprint density at radius 1 is 1.38 bits per heavy atom. The predicted octanol–water partition coefficient (Wildman–Crippen LogP) is 2.68. The molecule has 2 heteroatoms. The molecule has 1 amide bonds. The molecule has 0 N–H and O–H groups in total. The second-order valence-corrected chi connectivity index (χ2v) is 4.71. The maximum absolute atomic E-state index is 10.8. The Morgan fingerprint density at radius 3 is 2.23 bits per heavy atom. The van der Waals surface area contributed by atoms with E-state index < -0.39 is 0 Å². The van der Waals surface area contributed by atoms with Gasteiger partial charge in [-0.2, -0.15) is 0 Å². The van der Waals surface area contributed by atoms with E-state index in [4.69, 9.17) is 0 Å². The molecule has 0 unspecified atom stereocenters. The Hall–Kier alpha value is -0.530. The van der Waals surface area contributed by atoms with Gasteiger partial charge in [-0.15, -0.1) is 0 Å². The van der Waals surface area contributed by atoms with Crippen molar-refractivity contribution in [1.29, 1.82) is 0 Å². The van der Waals surface area contributed by atoms with Crippen LogP contribution in [-0.2, 0) is 4.79 Å². The minimum atomic E-state index is 0.00588. The molecule has 2 nitrogen and oxygen atoms in total. The van der Waals surface area contributed by atoms with Gasteiger partial charge in [0.2, 0.25) is 6.41 Å². The van der Waals surface area contributed by atoms with Gasteiger partial charge in [0.05, 0.1) is 0 Å².